The Kier molecular flexibility index (Phi) is 7.83. The van der Waals surface area contributed by atoms with Gasteiger partial charge >= 0.3 is 6.09 Å². The summed E-state index contributed by atoms with van der Waals surface area (Å²) in [6.07, 6.45) is -0.717. The number of hydrogen-bond donors (Lipinski definition) is 3. The summed E-state index contributed by atoms with van der Waals surface area (Å²) < 4.78 is 5.06. The number of anilines is 1. The fourth-order valence-corrected chi connectivity index (χ4v) is 2.44. The first-order valence-corrected chi connectivity index (χ1v) is 9.04. The van der Waals surface area contributed by atoms with Crippen molar-refractivity contribution in [1.29, 1.82) is 0 Å². The van der Waals surface area contributed by atoms with E-state index in [4.69, 9.17) is 16.3 Å². The minimum atomic E-state index is -0.857. The van der Waals surface area contributed by atoms with Gasteiger partial charge in [-0.3, -0.25) is 9.59 Å². The van der Waals surface area contributed by atoms with Crippen molar-refractivity contribution in [1.82, 2.24) is 10.6 Å². The molecule has 0 aliphatic heterocycles. The Morgan fingerprint density at radius 2 is 1.79 bits per heavy atom. The van der Waals surface area contributed by atoms with Crippen LogP contribution in [0.4, 0.5) is 10.5 Å². The fraction of sp³-hybridized carbons (Fsp3) is 0.250. The Morgan fingerprint density at radius 1 is 1.07 bits per heavy atom. The monoisotopic (exact) mass is 403 g/mol. The number of amides is 3. The molecule has 2 aromatic rings. The van der Waals surface area contributed by atoms with Crippen molar-refractivity contribution >= 4 is 35.2 Å². The number of ether oxygens (including phenoxy) is 1. The molecule has 0 bridgehead atoms. The van der Waals surface area contributed by atoms with Crippen LogP contribution in [0, 0.1) is 6.92 Å². The van der Waals surface area contributed by atoms with Crippen LogP contribution in [0.5, 0.6) is 0 Å². The van der Waals surface area contributed by atoms with E-state index in [9.17, 15) is 14.4 Å². The topological polar surface area (TPSA) is 96.5 Å². The Bertz CT molecular complexity index is 843. The molecule has 0 fully saturated rings. The maximum atomic E-state index is 12.0. The summed E-state index contributed by atoms with van der Waals surface area (Å²) in [5, 5.41) is 8.09. The number of rotatable bonds is 7. The van der Waals surface area contributed by atoms with E-state index in [1.165, 1.54) is 6.92 Å². The molecule has 0 saturated carbocycles. The third-order valence-electron chi connectivity index (χ3n) is 3.91. The molecule has 3 N–H and O–H groups in total. The van der Waals surface area contributed by atoms with Crippen LogP contribution in [0.15, 0.2) is 48.5 Å². The summed E-state index contributed by atoms with van der Waals surface area (Å²) in [6, 6.07) is 13.5. The maximum Gasteiger partial charge on any atom is 0.408 e. The molecular formula is C20H22ClN3O4. The highest BCUT2D eigenvalue weighted by Gasteiger charge is 2.17. The van der Waals surface area contributed by atoms with Crippen LogP contribution in [0.1, 0.15) is 18.1 Å². The van der Waals surface area contributed by atoms with Crippen molar-refractivity contribution in [3.8, 4) is 0 Å². The van der Waals surface area contributed by atoms with E-state index in [2.05, 4.69) is 16.0 Å². The van der Waals surface area contributed by atoms with Crippen molar-refractivity contribution in [2.45, 2.75) is 26.5 Å². The molecule has 0 saturated heterocycles. The summed E-state index contributed by atoms with van der Waals surface area (Å²) in [6.45, 7) is 3.14. The SMILES string of the molecule is Cc1c(Cl)cccc1NC(=O)CNC(=O)[C@H](C)NC(=O)OCc1ccccc1. The first-order valence-electron chi connectivity index (χ1n) is 8.66. The number of alkyl carbamates (subject to hydrolysis) is 1. The van der Waals surface area contributed by atoms with E-state index in [1.54, 1.807) is 25.1 Å². The van der Waals surface area contributed by atoms with Gasteiger partial charge in [-0.2, -0.15) is 0 Å². The highest BCUT2D eigenvalue weighted by atomic mass is 35.5. The van der Waals surface area contributed by atoms with Crippen molar-refractivity contribution in [2.75, 3.05) is 11.9 Å². The second-order valence-corrected chi connectivity index (χ2v) is 6.51. The average molecular weight is 404 g/mol. The van der Waals surface area contributed by atoms with Gasteiger partial charge in [0, 0.05) is 10.7 Å². The molecule has 1 atom stereocenters. The van der Waals surface area contributed by atoms with Gasteiger partial charge in [-0.1, -0.05) is 48.0 Å². The molecule has 3 amide bonds. The van der Waals surface area contributed by atoms with Gasteiger partial charge in [0.2, 0.25) is 11.8 Å². The molecule has 0 aromatic heterocycles. The molecule has 0 spiro atoms. The summed E-state index contributed by atoms with van der Waals surface area (Å²) >= 11 is 6.01. The Labute approximate surface area is 168 Å². The zero-order chi connectivity index (χ0) is 20.5. The average Bonchev–Trinajstić information content (AvgIpc) is 2.68. The second-order valence-electron chi connectivity index (χ2n) is 6.11. The van der Waals surface area contributed by atoms with Gasteiger partial charge in [-0.15, -0.1) is 0 Å². The Hall–Kier alpha value is -3.06. The lowest BCUT2D eigenvalue weighted by molar-refractivity contribution is -0.125. The molecule has 148 valence electrons. The van der Waals surface area contributed by atoms with E-state index >= 15 is 0 Å². The quantitative estimate of drug-likeness (QED) is 0.662. The number of hydrogen-bond acceptors (Lipinski definition) is 4. The zero-order valence-corrected chi connectivity index (χ0v) is 16.4. The lowest BCUT2D eigenvalue weighted by Gasteiger charge is -2.15. The highest BCUT2D eigenvalue weighted by molar-refractivity contribution is 6.31. The number of carbonyl (C=O) groups excluding carboxylic acids is 3. The van der Waals surface area contributed by atoms with Gasteiger partial charge < -0.3 is 20.7 Å². The van der Waals surface area contributed by atoms with Gasteiger partial charge in [0.15, 0.2) is 0 Å². The van der Waals surface area contributed by atoms with Crippen LogP contribution in [0.3, 0.4) is 0 Å². The van der Waals surface area contributed by atoms with Crippen molar-refractivity contribution in [3.63, 3.8) is 0 Å². The van der Waals surface area contributed by atoms with Gasteiger partial charge in [0.1, 0.15) is 12.6 Å². The molecule has 8 heteroatoms. The Morgan fingerprint density at radius 3 is 2.50 bits per heavy atom. The molecular weight excluding hydrogens is 382 g/mol. The highest BCUT2D eigenvalue weighted by Crippen LogP contribution is 2.22. The van der Waals surface area contributed by atoms with Crippen molar-refractivity contribution < 1.29 is 19.1 Å². The van der Waals surface area contributed by atoms with Crippen LogP contribution in [0.25, 0.3) is 0 Å². The van der Waals surface area contributed by atoms with Crippen LogP contribution in [-0.4, -0.2) is 30.5 Å². The van der Waals surface area contributed by atoms with E-state index in [0.717, 1.165) is 11.1 Å². The van der Waals surface area contributed by atoms with Gasteiger partial charge in [-0.25, -0.2) is 4.79 Å². The summed E-state index contributed by atoms with van der Waals surface area (Å²) in [5.41, 5.74) is 2.14. The second kappa shape index (κ2) is 10.3. The van der Waals surface area contributed by atoms with Crippen LogP contribution < -0.4 is 16.0 Å². The molecule has 28 heavy (non-hydrogen) atoms. The van der Waals surface area contributed by atoms with Gasteiger partial charge in [0.05, 0.1) is 6.54 Å². The molecule has 0 aliphatic rings. The summed E-state index contributed by atoms with van der Waals surface area (Å²) in [4.78, 5) is 35.8. The summed E-state index contributed by atoms with van der Waals surface area (Å²) in [5.74, 6) is -0.910. The zero-order valence-electron chi connectivity index (χ0n) is 15.6. The predicted octanol–water partition coefficient (Wildman–Crippen LogP) is 3.02. The van der Waals surface area contributed by atoms with E-state index in [1.807, 2.05) is 30.3 Å². The molecule has 2 aromatic carbocycles. The fourth-order valence-electron chi connectivity index (χ4n) is 2.26. The van der Waals surface area contributed by atoms with Crippen LogP contribution in [-0.2, 0) is 20.9 Å². The lowest BCUT2D eigenvalue weighted by Crippen LogP contribution is -2.46. The molecule has 2 rings (SSSR count). The van der Waals surface area contributed by atoms with Crippen LogP contribution >= 0.6 is 11.6 Å². The predicted molar refractivity (Wildman–Crippen MR) is 107 cm³/mol. The normalized spacial score (nSPS) is 11.2. The molecule has 0 unspecified atom stereocenters. The largest absolute Gasteiger partial charge is 0.445 e. The van der Waals surface area contributed by atoms with Gasteiger partial charge in [-0.05, 0) is 37.1 Å². The number of carbonyl (C=O) groups is 3. The standard InChI is InChI=1S/C20H22ClN3O4/c1-13-16(21)9-6-10-17(13)24-18(25)11-22-19(26)14(2)23-20(27)28-12-15-7-4-3-5-8-15/h3-10,14H,11-12H2,1-2H3,(H,22,26)(H,23,27)(H,24,25)/t14-/m0/s1. The molecule has 7 nitrogen and oxygen atoms in total. The first-order chi connectivity index (χ1) is 13.4. The maximum absolute atomic E-state index is 12.0. The number of nitrogens with one attached hydrogen (secondary N) is 3. The number of benzene rings is 2. The third-order valence-corrected chi connectivity index (χ3v) is 4.31. The minimum Gasteiger partial charge on any atom is -0.445 e. The minimum absolute atomic E-state index is 0.0996. The molecule has 0 radical (unpaired) electrons. The lowest BCUT2D eigenvalue weighted by atomic mass is 10.2. The first kappa shape index (κ1) is 21.2. The van der Waals surface area contributed by atoms with E-state index in [0.29, 0.717) is 10.7 Å². The molecule has 0 heterocycles. The smallest absolute Gasteiger partial charge is 0.408 e. The van der Waals surface area contributed by atoms with Crippen LogP contribution in [0.2, 0.25) is 5.02 Å². The van der Waals surface area contributed by atoms with Crippen molar-refractivity contribution in [2.24, 2.45) is 0 Å². The van der Waals surface area contributed by atoms with E-state index in [-0.39, 0.29) is 13.2 Å². The number of halogens is 1. The Balaban J connectivity index is 1.73. The third kappa shape index (κ3) is 6.59. The van der Waals surface area contributed by atoms with E-state index < -0.39 is 23.9 Å². The van der Waals surface area contributed by atoms with Gasteiger partial charge in [0.25, 0.3) is 0 Å². The summed E-state index contributed by atoms with van der Waals surface area (Å²) in [7, 11) is 0. The van der Waals surface area contributed by atoms with Crippen molar-refractivity contribution in [3.05, 3.63) is 64.7 Å². The molecule has 0 aliphatic carbocycles.